The fraction of sp³-hybridized carbons (Fsp3) is 0.263. The van der Waals surface area contributed by atoms with Crippen molar-refractivity contribution in [1.82, 2.24) is 15.1 Å². The van der Waals surface area contributed by atoms with Crippen LogP contribution in [0.4, 0.5) is 5.69 Å². The van der Waals surface area contributed by atoms with Gasteiger partial charge in [-0.3, -0.25) is 4.90 Å². The van der Waals surface area contributed by atoms with E-state index in [1.165, 1.54) is 0 Å². The van der Waals surface area contributed by atoms with E-state index in [0.29, 0.717) is 24.1 Å². The Balaban J connectivity index is 1.34. The molecule has 3 aromatic rings. The predicted octanol–water partition coefficient (Wildman–Crippen LogP) is 2.76. The number of nitrogens with zero attached hydrogens (tertiary/aromatic N) is 4. The molecule has 0 spiro atoms. The van der Waals surface area contributed by atoms with Gasteiger partial charge in [0.05, 0.1) is 6.54 Å². The first kappa shape index (κ1) is 15.7. The van der Waals surface area contributed by atoms with E-state index in [-0.39, 0.29) is 0 Å². The molecule has 0 atom stereocenters. The van der Waals surface area contributed by atoms with Gasteiger partial charge in [-0.1, -0.05) is 18.2 Å². The average molecular weight is 336 g/mol. The molecule has 6 heteroatoms. The van der Waals surface area contributed by atoms with Gasteiger partial charge in [0.2, 0.25) is 11.8 Å². The van der Waals surface area contributed by atoms with Crippen molar-refractivity contribution in [3.05, 3.63) is 60.5 Å². The summed E-state index contributed by atoms with van der Waals surface area (Å²) >= 11 is 0. The van der Waals surface area contributed by atoms with Crippen LogP contribution in [0.15, 0.2) is 59.0 Å². The van der Waals surface area contributed by atoms with E-state index in [2.05, 4.69) is 20.0 Å². The van der Waals surface area contributed by atoms with Crippen molar-refractivity contribution in [2.45, 2.75) is 6.54 Å². The zero-order valence-electron chi connectivity index (χ0n) is 13.9. The Hall–Kier alpha value is -2.86. The smallest absolute Gasteiger partial charge is 0.247 e. The summed E-state index contributed by atoms with van der Waals surface area (Å²) < 4.78 is 5.79. The second kappa shape index (κ2) is 6.94. The number of piperazine rings is 1. The van der Waals surface area contributed by atoms with E-state index in [1.807, 2.05) is 42.5 Å². The summed E-state index contributed by atoms with van der Waals surface area (Å²) in [6.45, 7) is 4.41. The van der Waals surface area contributed by atoms with Crippen LogP contribution in [0, 0.1) is 0 Å². The molecule has 0 radical (unpaired) electrons. The van der Waals surface area contributed by atoms with Crippen LogP contribution < -0.4 is 4.90 Å². The van der Waals surface area contributed by atoms with Gasteiger partial charge in [-0.05, 0) is 36.4 Å². The molecule has 1 saturated heterocycles. The van der Waals surface area contributed by atoms with Crippen molar-refractivity contribution in [2.24, 2.45) is 0 Å². The molecule has 128 valence electrons. The molecule has 2 aromatic carbocycles. The van der Waals surface area contributed by atoms with Crippen molar-refractivity contribution in [1.29, 1.82) is 0 Å². The maximum atomic E-state index is 9.40. The molecule has 0 saturated carbocycles. The molecule has 0 unspecified atom stereocenters. The summed E-state index contributed by atoms with van der Waals surface area (Å²) in [4.78, 5) is 4.64. The zero-order valence-corrected chi connectivity index (χ0v) is 13.9. The lowest BCUT2D eigenvalue weighted by atomic mass is 10.2. The molecule has 1 fully saturated rings. The number of hydrogen-bond acceptors (Lipinski definition) is 6. The maximum absolute atomic E-state index is 9.40. The van der Waals surface area contributed by atoms with E-state index in [4.69, 9.17) is 4.42 Å². The number of hydrogen-bond donors (Lipinski definition) is 1. The third-order valence-electron chi connectivity index (χ3n) is 4.43. The largest absolute Gasteiger partial charge is 0.508 e. The number of phenolic OH excluding ortho intramolecular Hbond substituents is 1. The van der Waals surface area contributed by atoms with Gasteiger partial charge < -0.3 is 14.4 Å². The molecule has 0 amide bonds. The lowest BCUT2D eigenvalue weighted by Crippen LogP contribution is -2.46. The Morgan fingerprint density at radius 2 is 1.60 bits per heavy atom. The highest BCUT2D eigenvalue weighted by atomic mass is 16.4. The second-order valence-corrected chi connectivity index (χ2v) is 6.15. The zero-order chi connectivity index (χ0) is 17.1. The van der Waals surface area contributed by atoms with Crippen molar-refractivity contribution in [3.8, 4) is 17.2 Å². The number of benzene rings is 2. The first-order valence-electron chi connectivity index (χ1n) is 8.42. The Bertz CT molecular complexity index is 809. The molecule has 1 aromatic heterocycles. The molecule has 1 N–H and O–H groups in total. The minimum absolute atomic E-state index is 0.299. The standard InChI is InChI=1S/C19H20N4O2/c24-17-8-6-16(7-9-17)23-12-10-22(11-13-23)14-18-20-21-19(25-18)15-4-2-1-3-5-15/h1-9,24H,10-14H2. The van der Waals surface area contributed by atoms with E-state index in [9.17, 15) is 5.11 Å². The van der Waals surface area contributed by atoms with Crippen LogP contribution in [0.5, 0.6) is 5.75 Å². The van der Waals surface area contributed by atoms with Gasteiger partial charge in [0, 0.05) is 37.4 Å². The molecule has 25 heavy (non-hydrogen) atoms. The minimum atomic E-state index is 0.299. The maximum Gasteiger partial charge on any atom is 0.247 e. The Morgan fingerprint density at radius 3 is 2.32 bits per heavy atom. The van der Waals surface area contributed by atoms with Crippen LogP contribution in [0.2, 0.25) is 0 Å². The first-order chi connectivity index (χ1) is 12.3. The highest BCUT2D eigenvalue weighted by Gasteiger charge is 2.19. The summed E-state index contributed by atoms with van der Waals surface area (Å²) in [6, 6.07) is 17.2. The van der Waals surface area contributed by atoms with E-state index < -0.39 is 0 Å². The monoisotopic (exact) mass is 336 g/mol. The van der Waals surface area contributed by atoms with Crippen molar-refractivity contribution < 1.29 is 9.52 Å². The van der Waals surface area contributed by atoms with Gasteiger partial charge in [-0.2, -0.15) is 0 Å². The van der Waals surface area contributed by atoms with Crippen molar-refractivity contribution in [2.75, 3.05) is 31.1 Å². The predicted molar refractivity (Wildman–Crippen MR) is 95.3 cm³/mol. The molecular weight excluding hydrogens is 316 g/mol. The fourth-order valence-electron chi connectivity index (χ4n) is 3.03. The second-order valence-electron chi connectivity index (χ2n) is 6.15. The van der Waals surface area contributed by atoms with Gasteiger partial charge >= 0.3 is 0 Å². The van der Waals surface area contributed by atoms with E-state index in [0.717, 1.165) is 37.4 Å². The van der Waals surface area contributed by atoms with Gasteiger partial charge in [0.15, 0.2) is 0 Å². The van der Waals surface area contributed by atoms with Gasteiger partial charge in [-0.25, -0.2) is 0 Å². The van der Waals surface area contributed by atoms with Crippen LogP contribution in [0.1, 0.15) is 5.89 Å². The van der Waals surface area contributed by atoms with Gasteiger partial charge in [-0.15, -0.1) is 10.2 Å². The number of aromatic hydroxyl groups is 1. The quantitative estimate of drug-likeness (QED) is 0.790. The van der Waals surface area contributed by atoms with E-state index in [1.54, 1.807) is 12.1 Å². The summed E-state index contributed by atoms with van der Waals surface area (Å²) in [5.41, 5.74) is 2.08. The minimum Gasteiger partial charge on any atom is -0.508 e. The summed E-state index contributed by atoms with van der Waals surface area (Å²) in [7, 11) is 0. The topological polar surface area (TPSA) is 65.6 Å². The van der Waals surface area contributed by atoms with Crippen molar-refractivity contribution >= 4 is 5.69 Å². The molecule has 0 aliphatic carbocycles. The molecule has 1 aliphatic rings. The van der Waals surface area contributed by atoms with Gasteiger partial charge in [0.25, 0.3) is 0 Å². The van der Waals surface area contributed by atoms with Crippen LogP contribution in [0.3, 0.4) is 0 Å². The molecule has 1 aliphatic heterocycles. The summed E-state index contributed by atoms with van der Waals surface area (Å²) in [5.74, 6) is 1.52. The fourth-order valence-corrected chi connectivity index (χ4v) is 3.03. The van der Waals surface area contributed by atoms with Crippen LogP contribution in [-0.4, -0.2) is 46.4 Å². The third-order valence-corrected chi connectivity index (χ3v) is 4.43. The third kappa shape index (κ3) is 3.64. The number of rotatable bonds is 4. The molecular formula is C19H20N4O2. The van der Waals surface area contributed by atoms with Crippen LogP contribution >= 0.6 is 0 Å². The average Bonchev–Trinajstić information content (AvgIpc) is 3.12. The normalized spacial score (nSPS) is 15.4. The lowest BCUT2D eigenvalue weighted by Gasteiger charge is -2.35. The summed E-state index contributed by atoms with van der Waals surface area (Å²) in [6.07, 6.45) is 0. The van der Waals surface area contributed by atoms with E-state index >= 15 is 0 Å². The SMILES string of the molecule is Oc1ccc(N2CCN(Cc3nnc(-c4ccccc4)o3)CC2)cc1. The first-order valence-corrected chi connectivity index (χ1v) is 8.42. The number of aromatic nitrogens is 2. The van der Waals surface area contributed by atoms with Crippen LogP contribution in [0.25, 0.3) is 11.5 Å². The molecule has 2 heterocycles. The van der Waals surface area contributed by atoms with Crippen LogP contribution in [-0.2, 0) is 6.54 Å². The molecule has 4 rings (SSSR count). The van der Waals surface area contributed by atoms with Crippen molar-refractivity contribution in [3.63, 3.8) is 0 Å². The van der Waals surface area contributed by atoms with Gasteiger partial charge in [0.1, 0.15) is 5.75 Å². The lowest BCUT2D eigenvalue weighted by molar-refractivity contribution is 0.227. The Labute approximate surface area is 146 Å². The highest BCUT2D eigenvalue weighted by molar-refractivity contribution is 5.51. The Morgan fingerprint density at radius 1 is 0.880 bits per heavy atom. The highest BCUT2D eigenvalue weighted by Crippen LogP contribution is 2.21. The molecule has 6 nitrogen and oxygen atoms in total. The summed E-state index contributed by atoms with van der Waals surface area (Å²) in [5, 5.41) is 17.7. The number of anilines is 1. The molecule has 0 bridgehead atoms. The number of phenols is 1. The Kier molecular flexibility index (Phi) is 4.35.